The normalized spacial score (nSPS) is 12.0. The molecule has 2 nitrogen and oxygen atoms in total. The highest BCUT2D eigenvalue weighted by Crippen LogP contribution is 2.09. The van der Waals surface area contributed by atoms with E-state index in [1.165, 1.54) is 7.11 Å². The number of allylic oxidation sites excluding steroid dienone is 1. The first-order valence-corrected chi connectivity index (χ1v) is 3.84. The molecule has 0 aromatic rings. The minimum Gasteiger partial charge on any atom is -0.469 e. The molecule has 0 saturated carbocycles. The summed E-state index contributed by atoms with van der Waals surface area (Å²) in [5.74, 6) is -0.210. The Morgan fingerprint density at radius 1 is 1.55 bits per heavy atom. The van der Waals surface area contributed by atoms with Gasteiger partial charge in [-0.05, 0) is 20.3 Å². The van der Waals surface area contributed by atoms with E-state index in [0.29, 0.717) is 0 Å². The molecule has 0 heterocycles. The fourth-order valence-corrected chi connectivity index (χ4v) is 0.906. The van der Waals surface area contributed by atoms with Gasteiger partial charge in [-0.25, -0.2) is 0 Å². The Bertz CT molecular complexity index is 155. The Balaban J connectivity index is 4.17. The molecule has 0 fully saturated rings. The van der Waals surface area contributed by atoms with Gasteiger partial charge in [0, 0.05) is 0 Å². The Labute approximate surface area is 68.2 Å². The Kier molecular flexibility index (Phi) is 4.59. The zero-order chi connectivity index (χ0) is 8.85. The van der Waals surface area contributed by atoms with Crippen LogP contribution in [0.3, 0.4) is 0 Å². The van der Waals surface area contributed by atoms with Gasteiger partial charge in [0.2, 0.25) is 0 Å². The number of carbonyl (C=O) groups is 1. The van der Waals surface area contributed by atoms with Crippen molar-refractivity contribution in [3.63, 3.8) is 0 Å². The molecular weight excluding hydrogens is 140 g/mol. The summed E-state index contributed by atoms with van der Waals surface area (Å²) >= 11 is 0. The zero-order valence-electron chi connectivity index (χ0n) is 7.68. The molecule has 0 aromatic carbocycles. The average molecular weight is 156 g/mol. The van der Waals surface area contributed by atoms with Crippen LogP contribution in [0, 0.1) is 5.92 Å². The second kappa shape index (κ2) is 4.94. The largest absolute Gasteiger partial charge is 0.469 e. The molecule has 0 N–H and O–H groups in total. The number of hydrogen-bond donors (Lipinski definition) is 0. The minimum atomic E-state index is -0.145. The first kappa shape index (κ1) is 10.2. The third kappa shape index (κ3) is 3.81. The monoisotopic (exact) mass is 156 g/mol. The average Bonchev–Trinajstić information content (AvgIpc) is 1.98. The van der Waals surface area contributed by atoms with Crippen molar-refractivity contribution in [2.45, 2.75) is 27.2 Å². The van der Waals surface area contributed by atoms with Crippen LogP contribution >= 0.6 is 0 Å². The molecule has 0 aromatic heterocycles. The van der Waals surface area contributed by atoms with Gasteiger partial charge in [-0.2, -0.15) is 0 Å². The van der Waals surface area contributed by atoms with Crippen molar-refractivity contribution in [1.82, 2.24) is 0 Å². The third-order valence-electron chi connectivity index (χ3n) is 1.48. The highest BCUT2D eigenvalue weighted by atomic mass is 16.5. The summed E-state index contributed by atoms with van der Waals surface area (Å²) in [6.45, 7) is 5.93. The fraction of sp³-hybridized carbons (Fsp3) is 0.667. The molecule has 2 heteroatoms. The predicted molar refractivity (Wildman–Crippen MR) is 45.2 cm³/mol. The topological polar surface area (TPSA) is 26.3 Å². The smallest absolute Gasteiger partial charge is 0.312 e. The van der Waals surface area contributed by atoms with Crippen molar-refractivity contribution in [3.05, 3.63) is 11.6 Å². The summed E-state index contributed by atoms with van der Waals surface area (Å²) in [6.07, 6.45) is 2.74. The molecule has 11 heavy (non-hydrogen) atoms. The summed E-state index contributed by atoms with van der Waals surface area (Å²) in [7, 11) is 1.42. The van der Waals surface area contributed by atoms with Crippen LogP contribution in [-0.2, 0) is 9.53 Å². The van der Waals surface area contributed by atoms with Gasteiger partial charge >= 0.3 is 5.97 Å². The van der Waals surface area contributed by atoms with Gasteiger partial charge in [-0.15, -0.1) is 0 Å². The van der Waals surface area contributed by atoms with Gasteiger partial charge in [-0.1, -0.05) is 18.6 Å². The molecule has 0 radical (unpaired) electrons. The molecule has 0 aliphatic carbocycles. The van der Waals surface area contributed by atoms with Crippen molar-refractivity contribution in [1.29, 1.82) is 0 Å². The summed E-state index contributed by atoms with van der Waals surface area (Å²) in [5.41, 5.74) is 1.15. The van der Waals surface area contributed by atoms with E-state index in [0.717, 1.165) is 12.0 Å². The molecule has 0 bridgehead atoms. The van der Waals surface area contributed by atoms with Gasteiger partial charge < -0.3 is 4.74 Å². The maximum Gasteiger partial charge on any atom is 0.312 e. The van der Waals surface area contributed by atoms with Crippen molar-refractivity contribution in [2.75, 3.05) is 7.11 Å². The van der Waals surface area contributed by atoms with Crippen LogP contribution in [0.4, 0.5) is 0 Å². The van der Waals surface area contributed by atoms with E-state index < -0.39 is 0 Å². The minimum absolute atomic E-state index is 0.0648. The van der Waals surface area contributed by atoms with E-state index in [-0.39, 0.29) is 11.9 Å². The molecule has 1 unspecified atom stereocenters. The molecular formula is C9H16O2. The first-order chi connectivity index (χ1) is 5.11. The third-order valence-corrected chi connectivity index (χ3v) is 1.48. The van der Waals surface area contributed by atoms with E-state index in [1.807, 2.05) is 26.8 Å². The number of carbonyl (C=O) groups excluding carboxylic acids is 1. The fourth-order valence-electron chi connectivity index (χ4n) is 0.906. The number of hydrogen-bond acceptors (Lipinski definition) is 2. The van der Waals surface area contributed by atoms with Crippen molar-refractivity contribution < 1.29 is 9.53 Å². The lowest BCUT2D eigenvalue weighted by atomic mass is 10.0. The number of methoxy groups -OCH3 is 1. The number of ether oxygens (including phenoxy) is 1. The van der Waals surface area contributed by atoms with Gasteiger partial charge in [-0.3, -0.25) is 4.79 Å². The second-order valence-corrected chi connectivity index (χ2v) is 2.78. The van der Waals surface area contributed by atoms with Gasteiger partial charge in [0.05, 0.1) is 13.0 Å². The lowest BCUT2D eigenvalue weighted by molar-refractivity contribution is -0.143. The van der Waals surface area contributed by atoms with E-state index in [1.54, 1.807) is 0 Å². The Hall–Kier alpha value is -0.790. The molecule has 64 valence electrons. The SMILES string of the molecule is CCC(C=C(C)C)C(=O)OC. The van der Waals surface area contributed by atoms with Crippen LogP contribution in [0.1, 0.15) is 27.2 Å². The number of rotatable bonds is 3. The van der Waals surface area contributed by atoms with Crippen molar-refractivity contribution in [2.24, 2.45) is 5.92 Å². The maximum absolute atomic E-state index is 11.0. The van der Waals surface area contributed by atoms with Crippen LogP contribution in [0.15, 0.2) is 11.6 Å². The molecule has 0 amide bonds. The predicted octanol–water partition coefficient (Wildman–Crippen LogP) is 2.15. The second-order valence-electron chi connectivity index (χ2n) is 2.78. The van der Waals surface area contributed by atoms with Crippen molar-refractivity contribution in [3.8, 4) is 0 Å². The van der Waals surface area contributed by atoms with Gasteiger partial charge in [0.15, 0.2) is 0 Å². The van der Waals surface area contributed by atoms with Crippen LogP contribution in [0.25, 0.3) is 0 Å². The highest BCUT2D eigenvalue weighted by Gasteiger charge is 2.12. The molecule has 0 aliphatic rings. The lowest BCUT2D eigenvalue weighted by Gasteiger charge is -2.07. The quantitative estimate of drug-likeness (QED) is 0.462. The molecule has 1 atom stereocenters. The van der Waals surface area contributed by atoms with E-state index in [2.05, 4.69) is 4.74 Å². The molecule has 0 rings (SSSR count). The maximum atomic E-state index is 11.0. The lowest BCUT2D eigenvalue weighted by Crippen LogP contribution is -2.12. The van der Waals surface area contributed by atoms with Crippen LogP contribution in [0.5, 0.6) is 0 Å². The van der Waals surface area contributed by atoms with Crippen LogP contribution in [-0.4, -0.2) is 13.1 Å². The summed E-state index contributed by atoms with van der Waals surface area (Å²) in [5, 5.41) is 0. The number of esters is 1. The molecule has 0 saturated heterocycles. The van der Waals surface area contributed by atoms with E-state index >= 15 is 0 Å². The molecule has 0 spiro atoms. The Morgan fingerprint density at radius 3 is 2.36 bits per heavy atom. The summed E-state index contributed by atoms with van der Waals surface area (Å²) in [6, 6.07) is 0. The zero-order valence-corrected chi connectivity index (χ0v) is 7.68. The summed E-state index contributed by atoms with van der Waals surface area (Å²) in [4.78, 5) is 11.0. The first-order valence-electron chi connectivity index (χ1n) is 3.84. The standard InChI is InChI=1S/C9H16O2/c1-5-8(6-7(2)3)9(10)11-4/h6,8H,5H2,1-4H3. The van der Waals surface area contributed by atoms with Crippen LogP contribution < -0.4 is 0 Å². The highest BCUT2D eigenvalue weighted by molar-refractivity contribution is 5.74. The van der Waals surface area contributed by atoms with Crippen molar-refractivity contribution >= 4 is 5.97 Å². The Morgan fingerprint density at radius 2 is 2.09 bits per heavy atom. The summed E-state index contributed by atoms with van der Waals surface area (Å²) < 4.78 is 4.62. The van der Waals surface area contributed by atoms with Crippen LogP contribution in [0.2, 0.25) is 0 Å². The molecule has 0 aliphatic heterocycles. The van der Waals surface area contributed by atoms with Gasteiger partial charge in [0.25, 0.3) is 0 Å². The van der Waals surface area contributed by atoms with E-state index in [4.69, 9.17) is 0 Å². The van der Waals surface area contributed by atoms with Gasteiger partial charge in [0.1, 0.15) is 0 Å². The van der Waals surface area contributed by atoms with E-state index in [9.17, 15) is 4.79 Å².